The molecule has 0 aliphatic heterocycles. The van der Waals surface area contributed by atoms with Gasteiger partial charge in [0.15, 0.2) is 0 Å². The van der Waals surface area contributed by atoms with E-state index in [1.165, 1.54) is 0 Å². The third-order valence-corrected chi connectivity index (χ3v) is 1.81. The van der Waals surface area contributed by atoms with Crippen LogP contribution >= 0.6 is 10.7 Å². The molecule has 0 fully saturated rings. The van der Waals surface area contributed by atoms with Crippen molar-refractivity contribution in [1.29, 1.82) is 0 Å². The van der Waals surface area contributed by atoms with Crippen LogP contribution < -0.4 is 0 Å². The second kappa shape index (κ2) is 4.09. The second-order valence-electron chi connectivity index (χ2n) is 1.24. The summed E-state index contributed by atoms with van der Waals surface area (Å²) in [5, 5.41) is 0. The van der Waals surface area contributed by atoms with Gasteiger partial charge in [0.1, 0.15) is 0 Å². The summed E-state index contributed by atoms with van der Waals surface area (Å²) < 4.78 is 20.0. The number of halogens is 2. The van der Waals surface area contributed by atoms with Crippen LogP contribution in [0.2, 0.25) is 0 Å². The lowest BCUT2D eigenvalue weighted by molar-refractivity contribution is 0.608. The summed E-state index contributed by atoms with van der Waals surface area (Å²) in [5.41, 5.74) is 0. The Hall–Kier alpha value is 0.170. The van der Waals surface area contributed by atoms with Gasteiger partial charge in [0.05, 0.1) is 5.75 Å². The fourth-order valence-electron chi connectivity index (χ4n) is 0.244. The number of hydrogen-bond acceptors (Lipinski definition) is 2. The predicted molar refractivity (Wildman–Crippen MR) is 32.4 cm³/mol. The molecule has 0 atom stereocenters. The molecular formula is C3H8ClFO2S. The van der Waals surface area contributed by atoms with Gasteiger partial charge in [-0.25, -0.2) is 8.42 Å². The van der Waals surface area contributed by atoms with E-state index < -0.39 is 9.05 Å². The Kier molecular flexibility index (Phi) is 5.64. The molecule has 0 aromatic heterocycles. The summed E-state index contributed by atoms with van der Waals surface area (Å²) >= 11 is 0. The van der Waals surface area contributed by atoms with Gasteiger partial charge in [0, 0.05) is 10.7 Å². The molecule has 0 aliphatic rings. The summed E-state index contributed by atoms with van der Waals surface area (Å²) in [4.78, 5) is 0. The van der Waals surface area contributed by atoms with Gasteiger partial charge in [-0.2, -0.15) is 0 Å². The maximum atomic E-state index is 10.00. The molecule has 0 aliphatic carbocycles. The Morgan fingerprint density at radius 2 is 1.88 bits per heavy atom. The summed E-state index contributed by atoms with van der Waals surface area (Å²) in [6.45, 7) is 1.76. The van der Waals surface area contributed by atoms with Gasteiger partial charge in [-0.15, -0.1) is 0 Å². The molecule has 0 N–H and O–H groups in total. The lowest BCUT2D eigenvalue weighted by Crippen LogP contribution is -1.93. The van der Waals surface area contributed by atoms with Gasteiger partial charge in [-0.05, 0) is 6.42 Å². The van der Waals surface area contributed by atoms with E-state index in [1.807, 2.05) is 0 Å². The van der Waals surface area contributed by atoms with E-state index in [-0.39, 0.29) is 10.5 Å². The molecule has 5 heteroatoms. The minimum absolute atomic E-state index is 0. The Balaban J connectivity index is 0. The molecule has 0 heterocycles. The lowest BCUT2D eigenvalue weighted by atomic mass is 10.6. The van der Waals surface area contributed by atoms with Crippen LogP contribution in [0.15, 0.2) is 0 Å². The van der Waals surface area contributed by atoms with Crippen molar-refractivity contribution in [3.63, 3.8) is 0 Å². The third kappa shape index (κ3) is 9.48. The van der Waals surface area contributed by atoms with Gasteiger partial charge in [-0.3, -0.25) is 4.70 Å². The van der Waals surface area contributed by atoms with Crippen molar-refractivity contribution in [2.24, 2.45) is 0 Å². The molecule has 0 amide bonds. The molecule has 0 spiro atoms. The highest BCUT2D eigenvalue weighted by Gasteiger charge is 1.99. The second-order valence-corrected chi connectivity index (χ2v) is 4.14. The Labute approximate surface area is 52.6 Å². The van der Waals surface area contributed by atoms with Gasteiger partial charge >= 0.3 is 0 Å². The van der Waals surface area contributed by atoms with Crippen LogP contribution in [0.3, 0.4) is 0 Å². The summed E-state index contributed by atoms with van der Waals surface area (Å²) in [6.07, 6.45) is 0.589. The van der Waals surface area contributed by atoms with E-state index in [9.17, 15) is 8.42 Å². The maximum Gasteiger partial charge on any atom is 0.232 e. The van der Waals surface area contributed by atoms with Crippen molar-refractivity contribution in [2.75, 3.05) is 5.75 Å². The Morgan fingerprint density at radius 3 is 1.88 bits per heavy atom. The number of rotatable bonds is 2. The van der Waals surface area contributed by atoms with Gasteiger partial charge < -0.3 is 0 Å². The molecule has 8 heavy (non-hydrogen) atoms. The van der Waals surface area contributed by atoms with Crippen LogP contribution in [0.25, 0.3) is 0 Å². The zero-order valence-electron chi connectivity index (χ0n) is 4.43. The van der Waals surface area contributed by atoms with Crippen molar-refractivity contribution in [1.82, 2.24) is 0 Å². The van der Waals surface area contributed by atoms with Crippen LogP contribution in [0, 0.1) is 0 Å². The minimum atomic E-state index is -3.20. The molecule has 0 bridgehead atoms. The maximum absolute atomic E-state index is 10.00. The average Bonchev–Trinajstić information content (AvgIpc) is 1.30. The van der Waals surface area contributed by atoms with Crippen LogP contribution in [-0.2, 0) is 9.05 Å². The summed E-state index contributed by atoms with van der Waals surface area (Å²) in [6, 6.07) is 0. The Morgan fingerprint density at radius 1 is 1.50 bits per heavy atom. The first kappa shape index (κ1) is 11.0. The van der Waals surface area contributed by atoms with Gasteiger partial charge in [0.2, 0.25) is 9.05 Å². The first-order chi connectivity index (χ1) is 3.06. The van der Waals surface area contributed by atoms with E-state index >= 15 is 0 Å². The predicted octanol–water partition coefficient (Wildman–Crippen LogP) is 1.12. The molecule has 0 aromatic carbocycles. The summed E-state index contributed by atoms with van der Waals surface area (Å²) in [7, 11) is 1.60. The van der Waals surface area contributed by atoms with Gasteiger partial charge in [0.25, 0.3) is 0 Å². The smallest absolute Gasteiger partial charge is 0.232 e. The highest BCUT2D eigenvalue weighted by Crippen LogP contribution is 1.96. The van der Waals surface area contributed by atoms with Crippen LogP contribution in [0.5, 0.6) is 0 Å². The molecule has 0 aromatic rings. The molecule has 0 radical (unpaired) electrons. The van der Waals surface area contributed by atoms with E-state index in [0.717, 1.165) is 0 Å². The summed E-state index contributed by atoms with van der Waals surface area (Å²) in [5.74, 6) is 0.0779. The third-order valence-electron chi connectivity index (χ3n) is 0.448. The normalized spacial score (nSPS) is 10.2. The zero-order valence-corrected chi connectivity index (χ0v) is 6.00. The quantitative estimate of drug-likeness (QED) is 0.571. The van der Waals surface area contributed by atoms with Gasteiger partial charge in [-0.1, -0.05) is 6.92 Å². The highest BCUT2D eigenvalue weighted by atomic mass is 35.7. The fraction of sp³-hybridized carbons (Fsp3) is 1.00. The van der Waals surface area contributed by atoms with Crippen LogP contribution in [-0.4, -0.2) is 14.2 Å². The van der Waals surface area contributed by atoms with Crippen molar-refractivity contribution in [3.05, 3.63) is 0 Å². The molecule has 0 saturated carbocycles. The van der Waals surface area contributed by atoms with E-state index in [2.05, 4.69) is 0 Å². The first-order valence-electron chi connectivity index (χ1n) is 1.98. The monoisotopic (exact) mass is 162 g/mol. The van der Waals surface area contributed by atoms with Crippen molar-refractivity contribution in [2.45, 2.75) is 13.3 Å². The largest absolute Gasteiger partial charge is 0.269 e. The molecule has 2 nitrogen and oxygen atoms in total. The molecule has 0 saturated heterocycles. The SMILES string of the molecule is CCCS(=O)(=O)Cl.F. The highest BCUT2D eigenvalue weighted by molar-refractivity contribution is 8.13. The van der Waals surface area contributed by atoms with E-state index in [0.29, 0.717) is 6.42 Å². The van der Waals surface area contributed by atoms with E-state index in [1.54, 1.807) is 6.92 Å². The molecule has 52 valence electrons. The van der Waals surface area contributed by atoms with Crippen LogP contribution in [0.4, 0.5) is 4.70 Å². The Bertz CT molecular complexity index is 130. The topological polar surface area (TPSA) is 34.1 Å². The lowest BCUT2D eigenvalue weighted by Gasteiger charge is -1.84. The first-order valence-corrected chi connectivity index (χ1v) is 4.46. The standard InChI is InChI=1S/C3H7ClO2S.FH/c1-2-3-7(4,5)6;/h2-3H2,1H3;1H. The van der Waals surface area contributed by atoms with Crippen LogP contribution in [0.1, 0.15) is 13.3 Å². The zero-order chi connectivity index (χ0) is 5.91. The molecular weight excluding hydrogens is 155 g/mol. The molecule has 0 unspecified atom stereocenters. The molecule has 0 rings (SSSR count). The fourth-order valence-corrected chi connectivity index (χ4v) is 1.19. The van der Waals surface area contributed by atoms with Crippen molar-refractivity contribution in [3.8, 4) is 0 Å². The van der Waals surface area contributed by atoms with Crippen molar-refractivity contribution >= 4 is 19.7 Å². The minimum Gasteiger partial charge on any atom is -0.269 e. The number of hydrogen-bond donors (Lipinski definition) is 0. The van der Waals surface area contributed by atoms with Crippen molar-refractivity contribution < 1.29 is 13.1 Å². The average molecular weight is 163 g/mol. The van der Waals surface area contributed by atoms with E-state index in [4.69, 9.17) is 10.7 Å².